The Kier molecular flexibility index (Phi) is 4.43. The molecule has 4 rings (SSSR count). The van der Waals surface area contributed by atoms with Gasteiger partial charge in [-0.2, -0.15) is 0 Å². The minimum atomic E-state index is 0.0507. The Morgan fingerprint density at radius 3 is 2.72 bits per heavy atom. The first kappa shape index (κ1) is 16.5. The van der Waals surface area contributed by atoms with E-state index in [0.717, 1.165) is 41.1 Å². The minimum Gasteiger partial charge on any atom is -0.377 e. The number of thiophene rings is 1. The van der Waals surface area contributed by atoms with Crippen molar-refractivity contribution in [2.45, 2.75) is 25.8 Å². The summed E-state index contributed by atoms with van der Waals surface area (Å²) in [5.41, 5.74) is 1.87. The Morgan fingerprint density at radius 2 is 1.96 bits per heavy atom. The second-order valence-corrected chi connectivity index (χ2v) is 7.83. The van der Waals surface area contributed by atoms with Crippen molar-refractivity contribution in [3.8, 4) is 0 Å². The summed E-state index contributed by atoms with van der Waals surface area (Å²) >= 11 is 1.45. The highest BCUT2D eigenvalue weighted by molar-refractivity contribution is 7.25. The fourth-order valence-electron chi connectivity index (χ4n) is 3.53. The van der Waals surface area contributed by atoms with Crippen molar-refractivity contribution in [1.29, 1.82) is 0 Å². The van der Waals surface area contributed by atoms with Gasteiger partial charge >= 0.3 is 0 Å². The molecule has 1 aliphatic rings. The molecule has 7 heteroatoms. The molecule has 1 saturated heterocycles. The third-order valence-corrected chi connectivity index (χ3v) is 5.99. The molecule has 0 atom stereocenters. The molecule has 1 fully saturated rings. The summed E-state index contributed by atoms with van der Waals surface area (Å²) in [4.78, 5) is 27.4. The van der Waals surface area contributed by atoms with Crippen molar-refractivity contribution in [1.82, 2.24) is 19.4 Å². The lowest BCUT2D eigenvalue weighted by molar-refractivity contribution is 0.220. The van der Waals surface area contributed by atoms with E-state index in [1.807, 2.05) is 25.1 Å². The Balaban J connectivity index is 1.71. The van der Waals surface area contributed by atoms with Gasteiger partial charge in [0.1, 0.15) is 9.53 Å². The van der Waals surface area contributed by atoms with Crippen molar-refractivity contribution in [2.75, 3.05) is 38.6 Å². The number of pyridine rings is 1. The molecule has 6 nitrogen and oxygen atoms in total. The first-order valence-electron chi connectivity index (χ1n) is 8.81. The SMILES string of the molecule is CN(C)c1ccnc2sc3c(=O)n(CCN4CCCCC4)cnc3c12. The third-order valence-electron chi connectivity index (χ3n) is 4.91. The molecule has 0 saturated carbocycles. The van der Waals surface area contributed by atoms with Crippen molar-refractivity contribution < 1.29 is 0 Å². The Labute approximate surface area is 150 Å². The van der Waals surface area contributed by atoms with E-state index in [4.69, 9.17) is 0 Å². The summed E-state index contributed by atoms with van der Waals surface area (Å²) in [5.74, 6) is 0. The number of likely N-dealkylation sites (tertiary alicyclic amines) is 1. The first-order valence-corrected chi connectivity index (χ1v) is 9.63. The lowest BCUT2D eigenvalue weighted by Crippen LogP contribution is -2.34. The molecular weight excluding hydrogens is 334 g/mol. The molecule has 132 valence electrons. The van der Waals surface area contributed by atoms with Gasteiger partial charge < -0.3 is 9.80 Å². The van der Waals surface area contributed by atoms with E-state index in [1.54, 1.807) is 17.1 Å². The van der Waals surface area contributed by atoms with Crippen LogP contribution < -0.4 is 10.5 Å². The van der Waals surface area contributed by atoms with E-state index in [2.05, 4.69) is 14.9 Å². The average Bonchev–Trinajstić information content (AvgIpc) is 3.01. The number of aromatic nitrogens is 3. The second-order valence-electron chi connectivity index (χ2n) is 6.83. The standard InChI is InChI=1S/C18H23N5OS/c1-21(2)13-6-7-19-17-14(13)15-16(25-17)18(24)23(12-20-15)11-10-22-8-4-3-5-9-22/h6-7,12H,3-5,8-11H2,1-2H3. The number of hydrogen-bond acceptors (Lipinski definition) is 6. The topological polar surface area (TPSA) is 54.3 Å². The van der Waals surface area contributed by atoms with Gasteiger partial charge in [-0.1, -0.05) is 6.42 Å². The van der Waals surface area contributed by atoms with Gasteiger partial charge in [-0.15, -0.1) is 11.3 Å². The molecule has 0 aliphatic carbocycles. The van der Waals surface area contributed by atoms with Crippen molar-refractivity contribution in [2.24, 2.45) is 0 Å². The average molecular weight is 357 g/mol. The minimum absolute atomic E-state index is 0.0507. The molecule has 25 heavy (non-hydrogen) atoms. The van der Waals surface area contributed by atoms with Crippen LogP contribution in [0.4, 0.5) is 5.69 Å². The monoisotopic (exact) mass is 357 g/mol. The summed E-state index contributed by atoms with van der Waals surface area (Å²) in [7, 11) is 4.00. The Hall–Kier alpha value is -1.99. The van der Waals surface area contributed by atoms with Gasteiger partial charge in [0.15, 0.2) is 0 Å². The molecular formula is C18H23N5OS. The highest BCUT2D eigenvalue weighted by Gasteiger charge is 2.17. The summed E-state index contributed by atoms with van der Waals surface area (Å²) in [6.45, 7) is 3.90. The van der Waals surface area contributed by atoms with Crippen molar-refractivity contribution in [3.05, 3.63) is 28.9 Å². The van der Waals surface area contributed by atoms with Crippen LogP contribution in [-0.2, 0) is 6.54 Å². The van der Waals surface area contributed by atoms with Crippen LogP contribution in [0.1, 0.15) is 19.3 Å². The molecule has 0 spiro atoms. The smallest absolute Gasteiger partial charge is 0.271 e. The second kappa shape index (κ2) is 6.72. The normalized spacial score (nSPS) is 15.9. The maximum atomic E-state index is 12.9. The molecule has 1 aliphatic heterocycles. The summed E-state index contributed by atoms with van der Waals surface area (Å²) in [6.07, 6.45) is 7.35. The molecule has 0 aromatic carbocycles. The third kappa shape index (κ3) is 3.02. The predicted octanol–water partition coefficient (Wildman–Crippen LogP) is 2.56. The zero-order valence-corrected chi connectivity index (χ0v) is 15.6. The number of hydrogen-bond donors (Lipinski definition) is 0. The quantitative estimate of drug-likeness (QED) is 0.718. The van der Waals surface area contributed by atoms with Crippen molar-refractivity contribution >= 4 is 37.5 Å². The number of anilines is 1. The van der Waals surface area contributed by atoms with Crippen LogP contribution >= 0.6 is 11.3 Å². The van der Waals surface area contributed by atoms with E-state index in [1.165, 1.54) is 30.6 Å². The van der Waals surface area contributed by atoms with Crippen LogP contribution in [0.25, 0.3) is 20.4 Å². The fraction of sp³-hybridized carbons (Fsp3) is 0.500. The number of nitrogens with zero attached hydrogens (tertiary/aromatic N) is 5. The maximum Gasteiger partial charge on any atom is 0.271 e. The fourth-order valence-corrected chi connectivity index (χ4v) is 4.60. The number of fused-ring (bicyclic) bond motifs is 3. The number of rotatable bonds is 4. The summed E-state index contributed by atoms with van der Waals surface area (Å²) in [6, 6.07) is 1.97. The summed E-state index contributed by atoms with van der Waals surface area (Å²) < 4.78 is 2.46. The van der Waals surface area contributed by atoms with Gasteiger partial charge in [0.05, 0.1) is 22.9 Å². The van der Waals surface area contributed by atoms with Gasteiger partial charge in [0.25, 0.3) is 5.56 Å². The predicted molar refractivity (Wildman–Crippen MR) is 104 cm³/mol. The summed E-state index contributed by atoms with van der Waals surface area (Å²) in [5, 5.41) is 0.979. The molecule has 0 bridgehead atoms. The molecule has 0 unspecified atom stereocenters. The highest BCUT2D eigenvalue weighted by Crippen LogP contribution is 2.34. The zero-order chi connectivity index (χ0) is 17.4. The van der Waals surface area contributed by atoms with Crippen LogP contribution in [0.5, 0.6) is 0 Å². The van der Waals surface area contributed by atoms with Crippen LogP contribution in [0.3, 0.4) is 0 Å². The van der Waals surface area contributed by atoms with Crippen LogP contribution in [0, 0.1) is 0 Å². The van der Waals surface area contributed by atoms with Crippen LogP contribution in [0.15, 0.2) is 23.4 Å². The van der Waals surface area contributed by atoms with Crippen LogP contribution in [-0.4, -0.2) is 53.2 Å². The lowest BCUT2D eigenvalue weighted by atomic mass is 10.1. The van der Waals surface area contributed by atoms with E-state index < -0.39 is 0 Å². The van der Waals surface area contributed by atoms with E-state index in [9.17, 15) is 4.79 Å². The van der Waals surface area contributed by atoms with Gasteiger partial charge in [-0.25, -0.2) is 9.97 Å². The Bertz CT molecular complexity index is 955. The van der Waals surface area contributed by atoms with Crippen LogP contribution in [0.2, 0.25) is 0 Å². The van der Waals surface area contributed by atoms with Gasteiger partial charge in [-0.3, -0.25) is 9.36 Å². The molecule has 3 aromatic rings. The van der Waals surface area contributed by atoms with E-state index in [0.29, 0.717) is 11.2 Å². The maximum absolute atomic E-state index is 12.9. The van der Waals surface area contributed by atoms with Gasteiger partial charge in [0.2, 0.25) is 0 Å². The van der Waals surface area contributed by atoms with E-state index in [-0.39, 0.29) is 5.56 Å². The highest BCUT2D eigenvalue weighted by atomic mass is 32.1. The van der Waals surface area contributed by atoms with Gasteiger partial charge in [-0.05, 0) is 32.0 Å². The molecule has 0 amide bonds. The van der Waals surface area contributed by atoms with E-state index >= 15 is 0 Å². The molecule has 3 aromatic heterocycles. The molecule has 4 heterocycles. The Morgan fingerprint density at radius 1 is 1.16 bits per heavy atom. The van der Waals surface area contributed by atoms with Gasteiger partial charge in [0, 0.05) is 33.4 Å². The molecule has 0 radical (unpaired) electrons. The lowest BCUT2D eigenvalue weighted by Gasteiger charge is -2.26. The number of piperidine rings is 1. The molecule has 0 N–H and O–H groups in total. The first-order chi connectivity index (χ1) is 12.1. The largest absolute Gasteiger partial charge is 0.377 e. The van der Waals surface area contributed by atoms with Crippen molar-refractivity contribution in [3.63, 3.8) is 0 Å². The zero-order valence-electron chi connectivity index (χ0n) is 14.7.